The molecule has 1 N–H and O–H groups in total. The molecule has 0 spiro atoms. The van der Waals surface area contributed by atoms with Gasteiger partial charge in [0.05, 0.1) is 22.1 Å². The lowest BCUT2D eigenvalue weighted by Gasteiger charge is -2.20. The number of nitriles is 1. The average Bonchev–Trinajstić information content (AvgIpc) is 2.87. The van der Waals surface area contributed by atoms with Crippen molar-refractivity contribution < 1.29 is 26.7 Å². The maximum atomic E-state index is 13.2. The fourth-order valence-corrected chi connectivity index (χ4v) is 4.40. The number of hydrogen-bond acceptors (Lipinski definition) is 4. The molecule has 1 aliphatic rings. The Morgan fingerprint density at radius 3 is 2.52 bits per heavy atom. The lowest BCUT2D eigenvalue weighted by atomic mass is 10.00. The maximum absolute atomic E-state index is 13.2. The van der Waals surface area contributed by atoms with Crippen molar-refractivity contribution in [3.8, 4) is 6.07 Å². The first-order valence-electron chi connectivity index (χ1n) is 6.83. The van der Waals surface area contributed by atoms with Crippen LogP contribution >= 0.6 is 0 Å². The van der Waals surface area contributed by atoms with Gasteiger partial charge < -0.3 is 5.11 Å². The van der Waals surface area contributed by atoms with Crippen molar-refractivity contribution >= 4 is 10.0 Å². The van der Waals surface area contributed by atoms with Crippen LogP contribution in [0.1, 0.15) is 18.1 Å². The Balaban J connectivity index is 2.51. The molecule has 0 aliphatic carbocycles. The van der Waals surface area contributed by atoms with Crippen LogP contribution in [0.25, 0.3) is 0 Å². The van der Waals surface area contributed by atoms with Crippen LogP contribution in [-0.2, 0) is 16.2 Å². The van der Waals surface area contributed by atoms with Crippen molar-refractivity contribution in [3.63, 3.8) is 0 Å². The van der Waals surface area contributed by atoms with Gasteiger partial charge in [0.2, 0.25) is 10.0 Å². The first-order chi connectivity index (χ1) is 10.6. The van der Waals surface area contributed by atoms with E-state index in [2.05, 4.69) is 0 Å². The molecule has 0 amide bonds. The molecule has 23 heavy (non-hydrogen) atoms. The Morgan fingerprint density at radius 1 is 1.39 bits per heavy atom. The second-order valence-electron chi connectivity index (χ2n) is 5.56. The maximum Gasteiger partial charge on any atom is 0.417 e. The van der Waals surface area contributed by atoms with Crippen LogP contribution in [0.5, 0.6) is 0 Å². The van der Waals surface area contributed by atoms with Crippen LogP contribution in [0.15, 0.2) is 23.1 Å². The van der Waals surface area contributed by atoms with E-state index in [4.69, 9.17) is 5.26 Å². The lowest BCUT2D eigenvalue weighted by Crippen LogP contribution is -2.31. The van der Waals surface area contributed by atoms with Crippen molar-refractivity contribution in [2.24, 2.45) is 11.8 Å². The predicted molar refractivity (Wildman–Crippen MR) is 74.7 cm³/mol. The number of aliphatic hydroxyl groups is 1. The Morgan fingerprint density at radius 2 is 2.04 bits per heavy atom. The number of hydrogen-bond donors (Lipinski definition) is 1. The second-order valence-corrected chi connectivity index (χ2v) is 7.47. The number of alkyl halides is 3. The Hall–Kier alpha value is -1.63. The molecule has 0 bridgehead atoms. The van der Waals surface area contributed by atoms with Crippen LogP contribution in [-0.4, -0.2) is 37.5 Å². The molecule has 0 radical (unpaired) electrons. The van der Waals surface area contributed by atoms with Gasteiger partial charge >= 0.3 is 6.18 Å². The van der Waals surface area contributed by atoms with E-state index in [0.29, 0.717) is 6.07 Å². The molecular formula is C14H15F3N2O3S. The van der Waals surface area contributed by atoms with E-state index in [-0.39, 0.29) is 37.1 Å². The highest BCUT2D eigenvalue weighted by molar-refractivity contribution is 7.89. The SMILES string of the molecule is C[C@@H]1CN(S(=O)(=O)c2ccc(C#N)cc2C(F)(F)F)C[C@H]1CO. The monoisotopic (exact) mass is 348 g/mol. The van der Waals surface area contributed by atoms with Gasteiger partial charge in [-0.3, -0.25) is 0 Å². The normalized spacial score (nSPS) is 23.0. The standard InChI is InChI=1S/C14H15F3N2O3S/c1-9-6-19(7-11(9)8-20)23(21,22)13-3-2-10(5-18)4-12(13)14(15,16)17/h2-4,9,11,20H,6-8H2,1H3/t9-,11+/m1/s1. The van der Waals surface area contributed by atoms with Gasteiger partial charge in [-0.2, -0.15) is 22.7 Å². The number of sulfonamides is 1. The minimum Gasteiger partial charge on any atom is -0.396 e. The topological polar surface area (TPSA) is 81.4 Å². The van der Waals surface area contributed by atoms with Gasteiger partial charge in [-0.25, -0.2) is 8.42 Å². The Labute approximate surface area is 132 Å². The van der Waals surface area contributed by atoms with Crippen LogP contribution in [0.4, 0.5) is 13.2 Å². The summed E-state index contributed by atoms with van der Waals surface area (Å²) in [6, 6.07) is 3.97. The minimum atomic E-state index is -4.89. The molecule has 0 aromatic heterocycles. The van der Waals surface area contributed by atoms with E-state index in [1.165, 1.54) is 0 Å². The van der Waals surface area contributed by atoms with E-state index in [1.807, 2.05) is 0 Å². The summed E-state index contributed by atoms with van der Waals surface area (Å²) in [6.07, 6.45) is -4.89. The smallest absolute Gasteiger partial charge is 0.396 e. The number of nitrogens with zero attached hydrogens (tertiary/aromatic N) is 2. The molecule has 0 saturated carbocycles. The van der Waals surface area contributed by atoms with Crippen molar-refractivity contribution in [1.82, 2.24) is 4.31 Å². The van der Waals surface area contributed by atoms with Gasteiger partial charge in [-0.15, -0.1) is 0 Å². The van der Waals surface area contributed by atoms with Gasteiger partial charge in [-0.05, 0) is 30.0 Å². The molecule has 1 aliphatic heterocycles. The highest BCUT2D eigenvalue weighted by atomic mass is 32.2. The van der Waals surface area contributed by atoms with Crippen molar-refractivity contribution in [2.75, 3.05) is 19.7 Å². The Kier molecular flexibility index (Phi) is 4.71. The van der Waals surface area contributed by atoms with E-state index in [9.17, 15) is 26.7 Å². The van der Waals surface area contributed by atoms with Gasteiger partial charge in [0.1, 0.15) is 0 Å². The van der Waals surface area contributed by atoms with Crippen molar-refractivity contribution in [1.29, 1.82) is 5.26 Å². The molecule has 2 rings (SSSR count). The molecule has 2 atom stereocenters. The number of rotatable bonds is 3. The molecule has 0 unspecified atom stereocenters. The summed E-state index contributed by atoms with van der Waals surface area (Å²) >= 11 is 0. The summed E-state index contributed by atoms with van der Waals surface area (Å²) in [5, 5.41) is 17.9. The molecule has 126 valence electrons. The minimum absolute atomic E-state index is 0.0305. The average molecular weight is 348 g/mol. The third-order valence-electron chi connectivity index (χ3n) is 4.00. The highest BCUT2D eigenvalue weighted by Crippen LogP contribution is 2.37. The molecule has 1 heterocycles. The molecule has 1 fully saturated rings. The lowest BCUT2D eigenvalue weighted by molar-refractivity contribution is -0.139. The zero-order valence-electron chi connectivity index (χ0n) is 12.2. The summed E-state index contributed by atoms with van der Waals surface area (Å²) in [5.41, 5.74) is -1.61. The summed E-state index contributed by atoms with van der Waals surface area (Å²) < 4.78 is 65.6. The van der Waals surface area contributed by atoms with Gasteiger partial charge in [-0.1, -0.05) is 6.92 Å². The molecule has 1 aromatic carbocycles. The van der Waals surface area contributed by atoms with E-state index >= 15 is 0 Å². The highest BCUT2D eigenvalue weighted by Gasteiger charge is 2.42. The molecule has 9 heteroatoms. The molecular weight excluding hydrogens is 333 g/mol. The largest absolute Gasteiger partial charge is 0.417 e. The first-order valence-corrected chi connectivity index (χ1v) is 8.27. The van der Waals surface area contributed by atoms with Gasteiger partial charge in [0, 0.05) is 19.7 Å². The summed E-state index contributed by atoms with van der Waals surface area (Å²) in [6.45, 7) is 1.52. The zero-order chi connectivity index (χ0) is 17.4. The van der Waals surface area contributed by atoms with E-state index < -0.39 is 26.7 Å². The van der Waals surface area contributed by atoms with Gasteiger partial charge in [0.25, 0.3) is 0 Å². The summed E-state index contributed by atoms with van der Waals surface area (Å²) in [7, 11) is -4.36. The van der Waals surface area contributed by atoms with Gasteiger partial charge in [0.15, 0.2) is 0 Å². The number of aliphatic hydroxyl groups excluding tert-OH is 1. The van der Waals surface area contributed by atoms with Crippen LogP contribution in [0.3, 0.4) is 0 Å². The number of benzene rings is 1. The van der Waals surface area contributed by atoms with E-state index in [1.54, 1.807) is 13.0 Å². The quantitative estimate of drug-likeness (QED) is 0.903. The summed E-state index contributed by atoms with van der Waals surface area (Å²) in [5.74, 6) is -0.458. The second kappa shape index (κ2) is 6.11. The molecule has 1 saturated heterocycles. The predicted octanol–water partition coefficient (Wildman–Crippen LogP) is 1.83. The molecule has 5 nitrogen and oxygen atoms in total. The third-order valence-corrected chi connectivity index (χ3v) is 5.89. The summed E-state index contributed by atoms with van der Waals surface area (Å²) in [4.78, 5) is -0.866. The molecule has 1 aromatic rings. The van der Waals surface area contributed by atoms with E-state index in [0.717, 1.165) is 16.4 Å². The fraction of sp³-hybridized carbons (Fsp3) is 0.500. The zero-order valence-corrected chi connectivity index (χ0v) is 13.0. The fourth-order valence-electron chi connectivity index (χ4n) is 2.61. The third kappa shape index (κ3) is 3.34. The van der Waals surface area contributed by atoms with Crippen molar-refractivity contribution in [2.45, 2.75) is 18.0 Å². The Bertz CT molecular complexity index is 741. The number of halogens is 3. The van der Waals surface area contributed by atoms with Crippen LogP contribution in [0, 0.1) is 23.2 Å². The van der Waals surface area contributed by atoms with Crippen molar-refractivity contribution in [3.05, 3.63) is 29.3 Å². The van der Waals surface area contributed by atoms with Crippen LogP contribution < -0.4 is 0 Å². The van der Waals surface area contributed by atoms with Crippen LogP contribution in [0.2, 0.25) is 0 Å². The first kappa shape index (κ1) is 17.7.